The first kappa shape index (κ1) is 18.6. The van der Waals surface area contributed by atoms with E-state index in [1.54, 1.807) is 38.1 Å². The number of carbonyl (C=O) groups is 2. The van der Waals surface area contributed by atoms with Gasteiger partial charge in [0, 0.05) is 40.4 Å². The molecule has 2 aliphatic rings. The summed E-state index contributed by atoms with van der Waals surface area (Å²) in [6.07, 6.45) is 0. The molecule has 2 aromatic carbocycles. The predicted molar refractivity (Wildman–Crippen MR) is 106 cm³/mol. The fourth-order valence-corrected chi connectivity index (χ4v) is 3.93. The first-order chi connectivity index (χ1) is 13.9. The SMILES string of the molecule is CCOC(=O)C1=C(C)NC2=C(C(=O)c3ccccc32)[C@@H]1c1ccc([N+](=O)[O-])cc1. The Bertz CT molecular complexity index is 1110. The van der Waals surface area contributed by atoms with E-state index < -0.39 is 16.8 Å². The molecule has 0 unspecified atom stereocenters. The molecule has 1 aliphatic heterocycles. The third kappa shape index (κ3) is 2.91. The van der Waals surface area contributed by atoms with E-state index in [1.807, 2.05) is 12.1 Å². The largest absolute Gasteiger partial charge is 0.463 e. The van der Waals surface area contributed by atoms with Crippen LogP contribution < -0.4 is 5.32 Å². The zero-order chi connectivity index (χ0) is 20.7. The molecule has 0 amide bonds. The van der Waals surface area contributed by atoms with Crippen molar-refractivity contribution in [3.63, 3.8) is 0 Å². The van der Waals surface area contributed by atoms with Crippen molar-refractivity contribution in [1.29, 1.82) is 0 Å². The first-order valence-electron chi connectivity index (χ1n) is 9.21. The summed E-state index contributed by atoms with van der Waals surface area (Å²) in [5.74, 6) is -1.36. The highest BCUT2D eigenvalue weighted by Crippen LogP contribution is 2.46. The molecule has 0 spiro atoms. The van der Waals surface area contributed by atoms with Crippen LogP contribution in [0.2, 0.25) is 0 Å². The molecule has 0 aromatic heterocycles. The highest BCUT2D eigenvalue weighted by atomic mass is 16.6. The Morgan fingerprint density at radius 1 is 1.14 bits per heavy atom. The van der Waals surface area contributed by atoms with Crippen molar-refractivity contribution in [3.05, 3.63) is 92.2 Å². The van der Waals surface area contributed by atoms with Crippen LogP contribution in [0.5, 0.6) is 0 Å². The maximum absolute atomic E-state index is 13.2. The van der Waals surface area contributed by atoms with Gasteiger partial charge >= 0.3 is 5.97 Å². The number of nitrogens with zero attached hydrogens (tertiary/aromatic N) is 1. The summed E-state index contributed by atoms with van der Waals surface area (Å²) in [7, 11) is 0. The van der Waals surface area contributed by atoms with Gasteiger partial charge in [-0.1, -0.05) is 36.4 Å². The quantitative estimate of drug-likeness (QED) is 0.485. The Balaban J connectivity index is 1.90. The molecule has 0 bridgehead atoms. The number of dihydropyridines is 1. The molecule has 7 heteroatoms. The van der Waals surface area contributed by atoms with Crippen LogP contribution in [0.4, 0.5) is 5.69 Å². The minimum atomic E-state index is -0.675. The molecule has 1 N–H and O–H groups in total. The van der Waals surface area contributed by atoms with Gasteiger partial charge in [0.25, 0.3) is 5.69 Å². The molecule has 1 heterocycles. The van der Waals surface area contributed by atoms with Crippen molar-refractivity contribution in [3.8, 4) is 0 Å². The number of nitrogens with one attached hydrogen (secondary N) is 1. The molecule has 0 saturated carbocycles. The maximum Gasteiger partial charge on any atom is 0.336 e. The van der Waals surface area contributed by atoms with Gasteiger partial charge in [-0.2, -0.15) is 0 Å². The lowest BCUT2D eigenvalue weighted by atomic mass is 9.80. The van der Waals surface area contributed by atoms with Crippen LogP contribution in [0.15, 0.2) is 65.4 Å². The number of carbonyl (C=O) groups excluding carboxylic acids is 2. The molecule has 0 saturated heterocycles. The molecule has 1 atom stereocenters. The summed E-state index contributed by atoms with van der Waals surface area (Å²) >= 11 is 0. The van der Waals surface area contributed by atoms with Gasteiger partial charge in [-0.05, 0) is 19.4 Å². The topological polar surface area (TPSA) is 98.5 Å². The number of allylic oxidation sites excluding steroid dienone is 2. The van der Waals surface area contributed by atoms with Crippen molar-refractivity contribution in [2.24, 2.45) is 0 Å². The van der Waals surface area contributed by atoms with Crippen LogP contribution in [0.1, 0.15) is 41.3 Å². The van der Waals surface area contributed by atoms with Crippen LogP contribution in [-0.2, 0) is 9.53 Å². The van der Waals surface area contributed by atoms with Gasteiger partial charge in [0.2, 0.25) is 0 Å². The molecule has 1 aliphatic carbocycles. The minimum absolute atomic E-state index is 0.0590. The van der Waals surface area contributed by atoms with E-state index in [9.17, 15) is 19.7 Å². The smallest absolute Gasteiger partial charge is 0.336 e. The summed E-state index contributed by atoms with van der Waals surface area (Å²) in [6.45, 7) is 3.68. The van der Waals surface area contributed by atoms with Crippen LogP contribution in [-0.4, -0.2) is 23.3 Å². The van der Waals surface area contributed by atoms with E-state index in [0.717, 1.165) is 5.56 Å². The molecular weight excluding hydrogens is 372 g/mol. The molecule has 0 fully saturated rings. The number of fused-ring (bicyclic) bond motifs is 2. The zero-order valence-corrected chi connectivity index (χ0v) is 15.9. The van der Waals surface area contributed by atoms with Crippen molar-refractivity contribution in [1.82, 2.24) is 5.32 Å². The number of ether oxygens (including phenoxy) is 1. The van der Waals surface area contributed by atoms with Crippen molar-refractivity contribution in [2.75, 3.05) is 6.61 Å². The predicted octanol–water partition coefficient (Wildman–Crippen LogP) is 3.73. The second kappa shape index (κ2) is 7.01. The number of rotatable bonds is 4. The summed E-state index contributed by atoms with van der Waals surface area (Å²) in [5, 5.41) is 14.2. The van der Waals surface area contributed by atoms with Crippen molar-refractivity contribution < 1.29 is 19.2 Å². The summed E-state index contributed by atoms with van der Waals surface area (Å²) in [5.41, 5.74) is 3.95. The molecule has 29 heavy (non-hydrogen) atoms. The Kier molecular flexibility index (Phi) is 4.50. The highest BCUT2D eigenvalue weighted by Gasteiger charge is 2.42. The van der Waals surface area contributed by atoms with Gasteiger partial charge in [0.15, 0.2) is 5.78 Å². The number of ketones is 1. The monoisotopic (exact) mass is 390 g/mol. The molecular formula is C22H18N2O5. The lowest BCUT2D eigenvalue weighted by Gasteiger charge is -2.29. The molecule has 2 aromatic rings. The van der Waals surface area contributed by atoms with Crippen LogP contribution in [0.3, 0.4) is 0 Å². The molecule has 146 valence electrons. The minimum Gasteiger partial charge on any atom is -0.463 e. The lowest BCUT2D eigenvalue weighted by molar-refractivity contribution is -0.384. The van der Waals surface area contributed by atoms with Gasteiger partial charge in [-0.15, -0.1) is 0 Å². The number of nitro benzene ring substituents is 1. The maximum atomic E-state index is 13.2. The fraction of sp³-hybridized carbons (Fsp3) is 0.182. The van der Waals surface area contributed by atoms with Gasteiger partial charge in [-0.3, -0.25) is 14.9 Å². The number of nitro groups is 1. The molecule has 7 nitrogen and oxygen atoms in total. The van der Waals surface area contributed by atoms with Crippen LogP contribution in [0.25, 0.3) is 5.70 Å². The third-order valence-electron chi connectivity index (χ3n) is 5.18. The average Bonchev–Trinajstić information content (AvgIpc) is 2.99. The van der Waals surface area contributed by atoms with Gasteiger partial charge in [-0.25, -0.2) is 4.79 Å². The van der Waals surface area contributed by atoms with E-state index in [-0.39, 0.29) is 18.1 Å². The Hall–Kier alpha value is -3.74. The van der Waals surface area contributed by atoms with Gasteiger partial charge < -0.3 is 10.1 Å². The highest BCUT2D eigenvalue weighted by molar-refractivity contribution is 6.23. The number of esters is 1. The normalized spacial score (nSPS) is 17.6. The average molecular weight is 390 g/mol. The fourth-order valence-electron chi connectivity index (χ4n) is 3.93. The number of Topliss-reactive ketones (excluding diaryl/α,β-unsaturated/α-hetero) is 1. The summed E-state index contributed by atoms with van der Waals surface area (Å²) < 4.78 is 5.25. The van der Waals surface area contributed by atoms with Gasteiger partial charge in [0.05, 0.1) is 22.8 Å². The number of benzene rings is 2. The van der Waals surface area contributed by atoms with Gasteiger partial charge in [0.1, 0.15) is 0 Å². The van der Waals surface area contributed by atoms with E-state index in [0.29, 0.717) is 33.7 Å². The lowest BCUT2D eigenvalue weighted by Crippen LogP contribution is -2.29. The second-order valence-corrected chi connectivity index (χ2v) is 6.83. The van der Waals surface area contributed by atoms with Crippen LogP contribution in [0, 0.1) is 10.1 Å². The number of hydrogen-bond donors (Lipinski definition) is 1. The Morgan fingerprint density at radius 3 is 2.41 bits per heavy atom. The summed E-state index contributed by atoms with van der Waals surface area (Å²) in [6, 6.07) is 13.2. The van der Waals surface area contributed by atoms with Crippen molar-refractivity contribution in [2.45, 2.75) is 19.8 Å². The van der Waals surface area contributed by atoms with E-state index in [4.69, 9.17) is 4.74 Å². The van der Waals surface area contributed by atoms with Crippen LogP contribution >= 0.6 is 0 Å². The van der Waals surface area contributed by atoms with E-state index in [1.165, 1.54) is 12.1 Å². The van der Waals surface area contributed by atoms with E-state index in [2.05, 4.69) is 5.32 Å². The third-order valence-corrected chi connectivity index (χ3v) is 5.18. The molecule has 0 radical (unpaired) electrons. The molecule has 4 rings (SSSR count). The summed E-state index contributed by atoms with van der Waals surface area (Å²) in [4.78, 5) is 36.6. The zero-order valence-electron chi connectivity index (χ0n) is 15.9. The number of hydrogen-bond acceptors (Lipinski definition) is 6. The number of non-ortho nitro benzene ring substituents is 1. The Labute approximate surface area is 166 Å². The van der Waals surface area contributed by atoms with E-state index >= 15 is 0 Å². The standard InChI is InChI=1S/C22H18N2O5/c1-3-29-22(26)17-12(2)23-20-15-6-4-5-7-16(15)21(25)19(20)18(17)13-8-10-14(11-9-13)24(27)28/h4-11,18,23H,3H2,1-2H3/t18-/m1/s1. The Morgan fingerprint density at radius 2 is 1.79 bits per heavy atom. The second-order valence-electron chi connectivity index (χ2n) is 6.83. The first-order valence-corrected chi connectivity index (χ1v) is 9.21. The van der Waals surface area contributed by atoms with Crippen molar-refractivity contribution >= 4 is 23.1 Å².